The molecular formula is C15H19NO5. The molecule has 1 heterocycles. The number of rotatable bonds is 6. The zero-order valence-corrected chi connectivity index (χ0v) is 11.9. The largest absolute Gasteiger partial charge is 0.479 e. The molecule has 1 aliphatic heterocycles. The minimum absolute atomic E-state index is 0.214. The number of anilines is 1. The van der Waals surface area contributed by atoms with Gasteiger partial charge in [-0.05, 0) is 30.5 Å². The molecule has 6 heteroatoms. The summed E-state index contributed by atoms with van der Waals surface area (Å²) in [6, 6.07) is 7.30. The summed E-state index contributed by atoms with van der Waals surface area (Å²) in [5.41, 5.74) is -0.552. The molecule has 1 aromatic rings. The van der Waals surface area contributed by atoms with Gasteiger partial charge in [-0.1, -0.05) is 12.1 Å². The van der Waals surface area contributed by atoms with E-state index in [-0.39, 0.29) is 6.42 Å². The lowest BCUT2D eigenvalue weighted by Crippen LogP contribution is -2.50. The maximum absolute atomic E-state index is 11.3. The molecular weight excluding hydrogens is 274 g/mol. The third-order valence-electron chi connectivity index (χ3n) is 3.90. The molecule has 0 unspecified atom stereocenters. The molecule has 6 nitrogen and oxygen atoms in total. The fourth-order valence-corrected chi connectivity index (χ4v) is 2.58. The molecule has 1 fully saturated rings. The summed E-state index contributed by atoms with van der Waals surface area (Å²) in [4.78, 5) is 24.8. The topological polar surface area (TPSA) is 87.1 Å². The van der Waals surface area contributed by atoms with Gasteiger partial charge >= 0.3 is 11.9 Å². The number of nitrogens with zero attached hydrogens (tertiary/aromatic N) is 1. The van der Waals surface area contributed by atoms with E-state index in [0.717, 1.165) is 25.9 Å². The molecule has 0 atom stereocenters. The summed E-state index contributed by atoms with van der Waals surface area (Å²) in [5, 5.41) is 18.3. The van der Waals surface area contributed by atoms with Crippen LogP contribution in [0.4, 0.5) is 5.69 Å². The highest BCUT2D eigenvalue weighted by Gasteiger charge is 2.47. The maximum atomic E-state index is 11.3. The number of benzene rings is 1. The highest BCUT2D eigenvalue weighted by atomic mass is 16.5. The van der Waals surface area contributed by atoms with Crippen molar-refractivity contribution in [1.29, 1.82) is 0 Å². The van der Waals surface area contributed by atoms with Crippen LogP contribution in [-0.4, -0.2) is 48.0 Å². The Labute approximate surface area is 122 Å². The quantitative estimate of drug-likeness (QED) is 0.771. The third kappa shape index (κ3) is 3.00. The van der Waals surface area contributed by atoms with E-state index < -0.39 is 17.5 Å². The molecule has 0 aromatic heterocycles. The Bertz CT molecular complexity index is 505. The highest BCUT2D eigenvalue weighted by Crippen LogP contribution is 2.23. The van der Waals surface area contributed by atoms with Gasteiger partial charge in [0.15, 0.2) is 0 Å². The average Bonchev–Trinajstić information content (AvgIpc) is 2.99. The second kappa shape index (κ2) is 6.13. The van der Waals surface area contributed by atoms with E-state index >= 15 is 0 Å². The van der Waals surface area contributed by atoms with Crippen LogP contribution in [0.2, 0.25) is 0 Å². The van der Waals surface area contributed by atoms with Crippen molar-refractivity contribution in [3.63, 3.8) is 0 Å². The number of methoxy groups -OCH3 is 1. The zero-order chi connectivity index (χ0) is 15.5. The van der Waals surface area contributed by atoms with Crippen LogP contribution < -0.4 is 4.90 Å². The van der Waals surface area contributed by atoms with Crippen LogP contribution in [0.25, 0.3) is 0 Å². The van der Waals surface area contributed by atoms with Gasteiger partial charge in [-0.15, -0.1) is 0 Å². The van der Waals surface area contributed by atoms with Crippen LogP contribution in [0.5, 0.6) is 0 Å². The molecule has 0 amide bonds. The van der Waals surface area contributed by atoms with E-state index in [1.165, 1.54) is 12.8 Å². The van der Waals surface area contributed by atoms with Crippen LogP contribution >= 0.6 is 0 Å². The SMILES string of the molecule is COC(Cc1ccc(N2CCCC2)cc1)(C(=O)O)C(=O)O. The molecule has 2 rings (SSSR count). The van der Waals surface area contributed by atoms with Gasteiger partial charge in [-0.25, -0.2) is 9.59 Å². The van der Waals surface area contributed by atoms with Crippen molar-refractivity contribution < 1.29 is 24.5 Å². The van der Waals surface area contributed by atoms with E-state index in [2.05, 4.69) is 4.90 Å². The first kappa shape index (κ1) is 15.3. The average molecular weight is 293 g/mol. The van der Waals surface area contributed by atoms with Gasteiger partial charge in [-0.3, -0.25) is 0 Å². The van der Waals surface area contributed by atoms with E-state index in [9.17, 15) is 9.59 Å². The van der Waals surface area contributed by atoms with Gasteiger partial charge in [0.1, 0.15) is 0 Å². The monoisotopic (exact) mass is 293 g/mol. The van der Waals surface area contributed by atoms with Gasteiger partial charge in [0, 0.05) is 32.3 Å². The summed E-state index contributed by atoms with van der Waals surface area (Å²) >= 11 is 0. The Morgan fingerprint density at radius 3 is 2.10 bits per heavy atom. The van der Waals surface area contributed by atoms with Crippen LogP contribution in [0, 0.1) is 0 Å². The van der Waals surface area contributed by atoms with E-state index in [1.807, 2.05) is 12.1 Å². The molecule has 0 radical (unpaired) electrons. The minimum atomic E-state index is -2.24. The molecule has 0 bridgehead atoms. The summed E-state index contributed by atoms with van der Waals surface area (Å²) < 4.78 is 4.79. The highest BCUT2D eigenvalue weighted by molar-refractivity contribution is 6.02. The number of carboxylic acids is 2. The van der Waals surface area contributed by atoms with Gasteiger partial charge in [0.05, 0.1) is 0 Å². The first-order valence-corrected chi connectivity index (χ1v) is 6.85. The lowest BCUT2D eigenvalue weighted by atomic mass is 9.94. The summed E-state index contributed by atoms with van der Waals surface area (Å²) in [6.07, 6.45) is 2.13. The Kier molecular flexibility index (Phi) is 4.47. The first-order valence-electron chi connectivity index (χ1n) is 6.85. The predicted molar refractivity (Wildman–Crippen MR) is 76.6 cm³/mol. The Morgan fingerprint density at radius 2 is 1.67 bits per heavy atom. The second-order valence-electron chi connectivity index (χ2n) is 5.18. The molecule has 0 saturated carbocycles. The molecule has 1 aromatic carbocycles. The van der Waals surface area contributed by atoms with Crippen molar-refractivity contribution in [3.05, 3.63) is 29.8 Å². The third-order valence-corrected chi connectivity index (χ3v) is 3.90. The number of carbonyl (C=O) groups is 2. The summed E-state index contributed by atoms with van der Waals surface area (Å²) in [7, 11) is 1.10. The number of carboxylic acid groups (broad SMARTS) is 2. The lowest BCUT2D eigenvalue weighted by Gasteiger charge is -2.23. The van der Waals surface area contributed by atoms with Crippen molar-refractivity contribution >= 4 is 17.6 Å². The molecule has 1 saturated heterocycles. The normalized spacial score (nSPS) is 15.2. The molecule has 0 spiro atoms. The maximum Gasteiger partial charge on any atom is 0.348 e. The van der Waals surface area contributed by atoms with Crippen LogP contribution in [0.1, 0.15) is 18.4 Å². The number of ether oxygens (including phenoxy) is 1. The number of hydrogen-bond donors (Lipinski definition) is 2. The minimum Gasteiger partial charge on any atom is -0.479 e. The van der Waals surface area contributed by atoms with Crippen molar-refractivity contribution in [2.45, 2.75) is 24.9 Å². The summed E-state index contributed by atoms with van der Waals surface area (Å²) in [5.74, 6) is -3.00. The summed E-state index contributed by atoms with van der Waals surface area (Å²) in [6.45, 7) is 2.04. The van der Waals surface area contributed by atoms with E-state index in [4.69, 9.17) is 14.9 Å². The van der Waals surface area contributed by atoms with Crippen molar-refractivity contribution in [1.82, 2.24) is 0 Å². The lowest BCUT2D eigenvalue weighted by molar-refractivity contribution is -0.179. The van der Waals surface area contributed by atoms with Crippen molar-refractivity contribution in [2.24, 2.45) is 0 Å². The second-order valence-corrected chi connectivity index (χ2v) is 5.18. The number of aliphatic carboxylic acids is 2. The molecule has 1 aliphatic rings. The van der Waals surface area contributed by atoms with Gasteiger partial charge in [0.2, 0.25) is 0 Å². The number of hydrogen-bond acceptors (Lipinski definition) is 4. The van der Waals surface area contributed by atoms with Gasteiger partial charge in [-0.2, -0.15) is 0 Å². The fraction of sp³-hybridized carbons (Fsp3) is 0.467. The molecule has 2 N–H and O–H groups in total. The van der Waals surface area contributed by atoms with E-state index in [1.54, 1.807) is 12.1 Å². The van der Waals surface area contributed by atoms with Crippen molar-refractivity contribution in [3.8, 4) is 0 Å². The van der Waals surface area contributed by atoms with Crippen LogP contribution in [0.15, 0.2) is 24.3 Å². The Balaban J connectivity index is 2.18. The van der Waals surface area contributed by atoms with Crippen LogP contribution in [0.3, 0.4) is 0 Å². The van der Waals surface area contributed by atoms with Gasteiger partial charge in [0.25, 0.3) is 5.60 Å². The molecule has 21 heavy (non-hydrogen) atoms. The molecule has 0 aliphatic carbocycles. The van der Waals surface area contributed by atoms with Gasteiger partial charge < -0.3 is 19.8 Å². The first-order chi connectivity index (χ1) is 9.99. The Hall–Kier alpha value is -2.08. The van der Waals surface area contributed by atoms with E-state index in [0.29, 0.717) is 5.56 Å². The van der Waals surface area contributed by atoms with Crippen molar-refractivity contribution in [2.75, 3.05) is 25.1 Å². The molecule has 114 valence electrons. The Morgan fingerprint density at radius 1 is 1.14 bits per heavy atom. The zero-order valence-electron chi connectivity index (χ0n) is 11.9. The standard InChI is InChI=1S/C15H19NO5/c1-21-15(13(17)18,14(19)20)10-11-4-6-12(7-5-11)16-8-2-3-9-16/h4-7H,2-3,8-10H2,1H3,(H,17,18)(H,19,20). The smallest absolute Gasteiger partial charge is 0.348 e. The predicted octanol–water partition coefficient (Wildman–Crippen LogP) is 1.38. The fourth-order valence-electron chi connectivity index (χ4n) is 2.58. The van der Waals surface area contributed by atoms with Crippen LogP contribution in [-0.2, 0) is 20.7 Å².